The number of ether oxygens (including phenoxy) is 2. The Morgan fingerprint density at radius 1 is 1.53 bits per heavy atom. The molecule has 0 saturated heterocycles. The highest BCUT2D eigenvalue weighted by atomic mass is 16.5. The SMILES string of the molecule is COc1ccc2c(c1)C(CCO)CCO2. The Balaban J connectivity index is 2.30. The van der Waals surface area contributed by atoms with Gasteiger partial charge in [-0.1, -0.05) is 0 Å². The first-order chi connectivity index (χ1) is 7.35. The predicted octanol–water partition coefficient (Wildman–Crippen LogP) is 1.94. The van der Waals surface area contributed by atoms with E-state index in [1.165, 1.54) is 0 Å². The van der Waals surface area contributed by atoms with E-state index >= 15 is 0 Å². The van der Waals surface area contributed by atoms with Gasteiger partial charge in [-0.15, -0.1) is 0 Å². The predicted molar refractivity (Wildman–Crippen MR) is 57.5 cm³/mol. The largest absolute Gasteiger partial charge is 0.497 e. The van der Waals surface area contributed by atoms with Crippen LogP contribution in [0.3, 0.4) is 0 Å². The Hall–Kier alpha value is -1.22. The highest BCUT2D eigenvalue weighted by Crippen LogP contribution is 2.37. The molecular formula is C12H16O3. The number of hydrogen-bond acceptors (Lipinski definition) is 3. The number of aliphatic hydroxyl groups is 1. The normalized spacial score (nSPS) is 19.2. The molecule has 1 aromatic carbocycles. The van der Waals surface area contributed by atoms with Crippen molar-refractivity contribution in [2.24, 2.45) is 0 Å². The van der Waals surface area contributed by atoms with Crippen molar-refractivity contribution in [2.45, 2.75) is 18.8 Å². The highest BCUT2D eigenvalue weighted by molar-refractivity contribution is 5.43. The zero-order chi connectivity index (χ0) is 10.7. The second kappa shape index (κ2) is 4.53. The highest BCUT2D eigenvalue weighted by Gasteiger charge is 2.21. The van der Waals surface area contributed by atoms with Gasteiger partial charge in [0.15, 0.2) is 0 Å². The molecule has 1 aliphatic rings. The smallest absolute Gasteiger partial charge is 0.123 e. The van der Waals surface area contributed by atoms with Crippen molar-refractivity contribution < 1.29 is 14.6 Å². The van der Waals surface area contributed by atoms with Gasteiger partial charge in [0.2, 0.25) is 0 Å². The molecule has 0 fully saturated rings. The van der Waals surface area contributed by atoms with Crippen LogP contribution in [-0.2, 0) is 0 Å². The summed E-state index contributed by atoms with van der Waals surface area (Å²) in [5.41, 5.74) is 1.16. The summed E-state index contributed by atoms with van der Waals surface area (Å²) in [7, 11) is 1.66. The first kappa shape index (κ1) is 10.3. The van der Waals surface area contributed by atoms with Crippen molar-refractivity contribution in [2.75, 3.05) is 20.3 Å². The molecule has 1 atom stereocenters. The van der Waals surface area contributed by atoms with E-state index in [-0.39, 0.29) is 6.61 Å². The van der Waals surface area contributed by atoms with Crippen molar-refractivity contribution in [3.63, 3.8) is 0 Å². The molecule has 0 spiro atoms. The summed E-state index contributed by atoms with van der Waals surface area (Å²) in [6.07, 6.45) is 1.77. The fraction of sp³-hybridized carbons (Fsp3) is 0.500. The third-order valence-corrected chi connectivity index (χ3v) is 2.86. The standard InChI is InChI=1S/C12H16O3/c1-14-10-2-3-12-11(8-10)9(4-6-13)5-7-15-12/h2-3,8-9,13H,4-7H2,1H3. The van der Waals surface area contributed by atoms with Crippen LogP contribution < -0.4 is 9.47 Å². The number of benzene rings is 1. The molecule has 0 aromatic heterocycles. The van der Waals surface area contributed by atoms with Gasteiger partial charge < -0.3 is 14.6 Å². The van der Waals surface area contributed by atoms with Crippen LogP contribution in [0.15, 0.2) is 18.2 Å². The Morgan fingerprint density at radius 2 is 2.40 bits per heavy atom. The van der Waals surface area contributed by atoms with Gasteiger partial charge in [0.1, 0.15) is 11.5 Å². The number of fused-ring (bicyclic) bond motifs is 1. The van der Waals surface area contributed by atoms with Crippen LogP contribution in [-0.4, -0.2) is 25.4 Å². The van der Waals surface area contributed by atoms with Crippen molar-refractivity contribution in [1.82, 2.24) is 0 Å². The molecule has 0 radical (unpaired) electrons. The molecule has 3 nitrogen and oxygen atoms in total. The molecule has 1 N–H and O–H groups in total. The van der Waals surface area contributed by atoms with Crippen LogP contribution in [0.25, 0.3) is 0 Å². The van der Waals surface area contributed by atoms with Gasteiger partial charge in [0.05, 0.1) is 13.7 Å². The third-order valence-electron chi connectivity index (χ3n) is 2.86. The summed E-state index contributed by atoms with van der Waals surface area (Å²) in [6, 6.07) is 5.85. The van der Waals surface area contributed by atoms with E-state index in [1.54, 1.807) is 7.11 Å². The van der Waals surface area contributed by atoms with Crippen molar-refractivity contribution in [3.05, 3.63) is 23.8 Å². The van der Waals surface area contributed by atoms with E-state index in [4.69, 9.17) is 14.6 Å². The van der Waals surface area contributed by atoms with Gasteiger partial charge >= 0.3 is 0 Å². The Bertz CT molecular complexity index is 336. The van der Waals surface area contributed by atoms with Gasteiger partial charge in [-0.05, 0) is 37.0 Å². The minimum absolute atomic E-state index is 0.224. The minimum Gasteiger partial charge on any atom is -0.497 e. The lowest BCUT2D eigenvalue weighted by Gasteiger charge is -2.25. The number of aliphatic hydroxyl groups excluding tert-OH is 1. The van der Waals surface area contributed by atoms with Crippen LogP contribution >= 0.6 is 0 Å². The van der Waals surface area contributed by atoms with E-state index < -0.39 is 0 Å². The summed E-state index contributed by atoms with van der Waals surface area (Å²) >= 11 is 0. The summed E-state index contributed by atoms with van der Waals surface area (Å²) in [4.78, 5) is 0. The lowest BCUT2D eigenvalue weighted by Crippen LogP contribution is -2.15. The van der Waals surface area contributed by atoms with Crippen molar-refractivity contribution >= 4 is 0 Å². The number of methoxy groups -OCH3 is 1. The first-order valence-corrected chi connectivity index (χ1v) is 5.26. The van der Waals surface area contributed by atoms with Crippen molar-refractivity contribution in [3.8, 4) is 11.5 Å². The van der Waals surface area contributed by atoms with Gasteiger partial charge in [-0.25, -0.2) is 0 Å². The molecular weight excluding hydrogens is 192 g/mol. The zero-order valence-electron chi connectivity index (χ0n) is 8.90. The van der Waals surface area contributed by atoms with E-state index in [2.05, 4.69) is 0 Å². The lowest BCUT2D eigenvalue weighted by atomic mass is 9.90. The van der Waals surface area contributed by atoms with Gasteiger partial charge in [-0.2, -0.15) is 0 Å². The summed E-state index contributed by atoms with van der Waals surface area (Å²) in [5, 5.41) is 9.00. The summed E-state index contributed by atoms with van der Waals surface area (Å²) in [6.45, 7) is 0.964. The fourth-order valence-corrected chi connectivity index (χ4v) is 2.03. The maximum absolute atomic E-state index is 9.00. The van der Waals surface area contributed by atoms with Gasteiger partial charge in [0.25, 0.3) is 0 Å². The average Bonchev–Trinajstić information content (AvgIpc) is 2.29. The van der Waals surface area contributed by atoms with Crippen LogP contribution in [0.5, 0.6) is 11.5 Å². The number of hydrogen-bond donors (Lipinski definition) is 1. The molecule has 82 valence electrons. The second-order valence-electron chi connectivity index (χ2n) is 3.75. The molecule has 0 amide bonds. The summed E-state index contributed by atoms with van der Waals surface area (Å²) < 4.78 is 10.8. The molecule has 3 heteroatoms. The fourth-order valence-electron chi connectivity index (χ4n) is 2.03. The molecule has 2 rings (SSSR count). The van der Waals surface area contributed by atoms with Crippen molar-refractivity contribution in [1.29, 1.82) is 0 Å². The van der Waals surface area contributed by atoms with Crippen LogP contribution in [0.4, 0.5) is 0 Å². The molecule has 0 bridgehead atoms. The molecule has 1 heterocycles. The molecule has 15 heavy (non-hydrogen) atoms. The average molecular weight is 208 g/mol. The van der Waals surface area contributed by atoms with Gasteiger partial charge in [-0.3, -0.25) is 0 Å². The Kier molecular flexibility index (Phi) is 3.11. The quantitative estimate of drug-likeness (QED) is 0.825. The molecule has 1 unspecified atom stereocenters. The summed E-state index contributed by atoms with van der Waals surface area (Å²) in [5.74, 6) is 2.18. The zero-order valence-corrected chi connectivity index (χ0v) is 8.90. The van der Waals surface area contributed by atoms with E-state index in [0.29, 0.717) is 5.92 Å². The lowest BCUT2D eigenvalue weighted by molar-refractivity contribution is 0.229. The monoisotopic (exact) mass is 208 g/mol. The van der Waals surface area contributed by atoms with E-state index in [0.717, 1.165) is 36.5 Å². The Morgan fingerprint density at radius 3 is 3.13 bits per heavy atom. The molecule has 1 aliphatic heterocycles. The van der Waals surface area contributed by atoms with Crippen LogP contribution in [0, 0.1) is 0 Å². The van der Waals surface area contributed by atoms with Crippen LogP contribution in [0.2, 0.25) is 0 Å². The van der Waals surface area contributed by atoms with E-state index in [9.17, 15) is 0 Å². The topological polar surface area (TPSA) is 38.7 Å². The molecule has 0 aliphatic carbocycles. The maximum Gasteiger partial charge on any atom is 0.123 e. The third kappa shape index (κ3) is 2.07. The number of rotatable bonds is 3. The Labute approximate surface area is 89.6 Å². The van der Waals surface area contributed by atoms with Gasteiger partial charge in [0, 0.05) is 12.2 Å². The first-order valence-electron chi connectivity index (χ1n) is 5.26. The van der Waals surface area contributed by atoms with E-state index in [1.807, 2.05) is 18.2 Å². The minimum atomic E-state index is 0.224. The second-order valence-corrected chi connectivity index (χ2v) is 3.75. The maximum atomic E-state index is 9.00. The molecule has 1 aromatic rings. The van der Waals surface area contributed by atoms with Crippen LogP contribution in [0.1, 0.15) is 24.3 Å². The molecule has 0 saturated carbocycles.